The van der Waals surface area contributed by atoms with E-state index in [1.807, 2.05) is 0 Å². The van der Waals surface area contributed by atoms with E-state index in [4.69, 9.17) is 17.3 Å². The average molecular weight is 187 g/mol. The molecule has 1 rings (SSSR count). The number of aromatic amines is 1. The summed E-state index contributed by atoms with van der Waals surface area (Å²) in [5.74, 6) is 0. The molecular weight excluding hydrogens is 176 g/mol. The Kier molecular flexibility index (Phi) is 2.55. The summed E-state index contributed by atoms with van der Waals surface area (Å²) in [6, 6.07) is 0. The van der Waals surface area contributed by atoms with Gasteiger partial charge < -0.3 is 10.7 Å². The SMILES string of the molecule is Cc1[nH]c(=O)c(CN)c(C)c1Cl. The van der Waals surface area contributed by atoms with Gasteiger partial charge in [0.25, 0.3) is 5.56 Å². The lowest BCUT2D eigenvalue weighted by Gasteiger charge is -2.06. The number of hydrogen-bond acceptors (Lipinski definition) is 2. The Labute approximate surface area is 75.6 Å². The molecule has 0 saturated heterocycles. The van der Waals surface area contributed by atoms with Crippen LogP contribution >= 0.6 is 11.6 Å². The second-order valence-electron chi connectivity index (χ2n) is 2.70. The first-order chi connectivity index (χ1) is 5.57. The van der Waals surface area contributed by atoms with Crippen molar-refractivity contribution in [1.82, 2.24) is 4.98 Å². The molecule has 12 heavy (non-hydrogen) atoms. The van der Waals surface area contributed by atoms with Crippen LogP contribution in [0.4, 0.5) is 0 Å². The summed E-state index contributed by atoms with van der Waals surface area (Å²) in [5.41, 5.74) is 7.28. The molecule has 0 aliphatic rings. The number of halogens is 1. The molecule has 3 N–H and O–H groups in total. The Hall–Kier alpha value is -0.800. The highest BCUT2D eigenvalue weighted by atomic mass is 35.5. The summed E-state index contributed by atoms with van der Waals surface area (Å²) < 4.78 is 0. The first kappa shape index (κ1) is 9.29. The van der Waals surface area contributed by atoms with Crippen molar-refractivity contribution in [3.63, 3.8) is 0 Å². The summed E-state index contributed by atoms with van der Waals surface area (Å²) in [7, 11) is 0. The van der Waals surface area contributed by atoms with Crippen LogP contribution in [0.25, 0.3) is 0 Å². The molecular formula is C8H11ClN2O. The molecule has 0 saturated carbocycles. The summed E-state index contributed by atoms with van der Waals surface area (Å²) >= 11 is 5.91. The van der Waals surface area contributed by atoms with Crippen molar-refractivity contribution >= 4 is 11.6 Å². The number of aromatic nitrogens is 1. The third kappa shape index (κ3) is 1.38. The zero-order valence-electron chi connectivity index (χ0n) is 7.07. The zero-order chi connectivity index (χ0) is 9.30. The largest absolute Gasteiger partial charge is 0.326 e. The number of aryl methyl sites for hydroxylation is 1. The smallest absolute Gasteiger partial charge is 0.252 e. The van der Waals surface area contributed by atoms with Gasteiger partial charge in [0, 0.05) is 17.8 Å². The Bertz CT molecular complexity index is 357. The van der Waals surface area contributed by atoms with Gasteiger partial charge in [-0.3, -0.25) is 4.79 Å². The molecule has 0 amide bonds. The molecule has 1 heterocycles. The zero-order valence-corrected chi connectivity index (χ0v) is 7.83. The van der Waals surface area contributed by atoms with Gasteiger partial charge in [-0.25, -0.2) is 0 Å². The molecule has 0 radical (unpaired) electrons. The Morgan fingerprint density at radius 2 is 2.08 bits per heavy atom. The van der Waals surface area contributed by atoms with Crippen LogP contribution in [0.3, 0.4) is 0 Å². The summed E-state index contributed by atoms with van der Waals surface area (Å²) in [6.45, 7) is 3.78. The lowest BCUT2D eigenvalue weighted by molar-refractivity contribution is 0.975. The van der Waals surface area contributed by atoms with Gasteiger partial charge in [-0.1, -0.05) is 11.6 Å². The van der Waals surface area contributed by atoms with Crippen LogP contribution in [-0.2, 0) is 6.54 Å². The molecule has 1 aromatic heterocycles. The van der Waals surface area contributed by atoms with Crippen molar-refractivity contribution in [2.45, 2.75) is 20.4 Å². The Balaban J connectivity index is 3.52. The lowest BCUT2D eigenvalue weighted by Crippen LogP contribution is -2.19. The fourth-order valence-electron chi connectivity index (χ4n) is 1.13. The van der Waals surface area contributed by atoms with Crippen LogP contribution in [0.2, 0.25) is 5.02 Å². The average Bonchev–Trinajstić information content (AvgIpc) is 2.01. The highest BCUT2D eigenvalue weighted by Gasteiger charge is 2.08. The fourth-order valence-corrected chi connectivity index (χ4v) is 1.29. The predicted octanol–water partition coefficient (Wildman–Crippen LogP) is 1.10. The summed E-state index contributed by atoms with van der Waals surface area (Å²) in [4.78, 5) is 13.9. The van der Waals surface area contributed by atoms with Crippen LogP contribution in [0.15, 0.2) is 4.79 Å². The third-order valence-electron chi connectivity index (χ3n) is 1.89. The minimum atomic E-state index is -0.142. The molecule has 0 aliphatic carbocycles. The van der Waals surface area contributed by atoms with E-state index in [9.17, 15) is 4.79 Å². The van der Waals surface area contributed by atoms with Crippen molar-refractivity contribution in [1.29, 1.82) is 0 Å². The summed E-state index contributed by atoms with van der Waals surface area (Å²) in [5, 5.41) is 0.593. The van der Waals surface area contributed by atoms with E-state index in [0.717, 1.165) is 5.56 Å². The number of H-pyrrole nitrogens is 1. The van der Waals surface area contributed by atoms with Gasteiger partial charge in [-0.15, -0.1) is 0 Å². The normalized spacial score (nSPS) is 10.3. The van der Waals surface area contributed by atoms with E-state index in [1.54, 1.807) is 13.8 Å². The first-order valence-electron chi connectivity index (χ1n) is 3.65. The van der Waals surface area contributed by atoms with Crippen LogP contribution in [-0.4, -0.2) is 4.98 Å². The molecule has 4 heteroatoms. The first-order valence-corrected chi connectivity index (χ1v) is 4.03. The number of rotatable bonds is 1. The molecule has 3 nitrogen and oxygen atoms in total. The second-order valence-corrected chi connectivity index (χ2v) is 3.08. The maximum atomic E-state index is 11.2. The van der Waals surface area contributed by atoms with Crippen LogP contribution in [0.1, 0.15) is 16.8 Å². The predicted molar refractivity (Wildman–Crippen MR) is 49.4 cm³/mol. The topological polar surface area (TPSA) is 58.9 Å². The van der Waals surface area contributed by atoms with Crippen molar-refractivity contribution in [3.05, 3.63) is 32.2 Å². The molecule has 0 unspecified atom stereocenters. The van der Waals surface area contributed by atoms with E-state index in [0.29, 0.717) is 16.3 Å². The Morgan fingerprint density at radius 1 is 1.50 bits per heavy atom. The molecule has 66 valence electrons. The van der Waals surface area contributed by atoms with Gasteiger partial charge in [0.15, 0.2) is 0 Å². The van der Waals surface area contributed by atoms with Gasteiger partial charge in [-0.05, 0) is 19.4 Å². The van der Waals surface area contributed by atoms with Crippen LogP contribution in [0.5, 0.6) is 0 Å². The van der Waals surface area contributed by atoms with Gasteiger partial charge >= 0.3 is 0 Å². The minimum absolute atomic E-state index is 0.142. The molecule has 0 spiro atoms. The minimum Gasteiger partial charge on any atom is -0.326 e. The number of nitrogens with two attached hydrogens (primary N) is 1. The highest BCUT2D eigenvalue weighted by molar-refractivity contribution is 6.32. The molecule has 0 atom stereocenters. The van der Waals surface area contributed by atoms with Crippen LogP contribution in [0, 0.1) is 13.8 Å². The molecule has 1 aromatic rings. The van der Waals surface area contributed by atoms with Gasteiger partial charge in [-0.2, -0.15) is 0 Å². The molecule has 0 aromatic carbocycles. The monoisotopic (exact) mass is 186 g/mol. The highest BCUT2D eigenvalue weighted by Crippen LogP contribution is 2.18. The quantitative estimate of drug-likeness (QED) is 0.690. The van der Waals surface area contributed by atoms with Crippen LogP contribution < -0.4 is 11.3 Å². The van der Waals surface area contributed by atoms with Crippen molar-refractivity contribution in [3.8, 4) is 0 Å². The van der Waals surface area contributed by atoms with E-state index in [-0.39, 0.29) is 12.1 Å². The standard InChI is InChI=1S/C8H11ClN2O/c1-4-6(3-10)8(12)11-5(2)7(4)9/h3,10H2,1-2H3,(H,11,12). The van der Waals surface area contributed by atoms with Gasteiger partial charge in [0.2, 0.25) is 0 Å². The third-order valence-corrected chi connectivity index (χ3v) is 2.46. The van der Waals surface area contributed by atoms with Crippen molar-refractivity contribution < 1.29 is 0 Å². The number of nitrogens with one attached hydrogen (secondary N) is 1. The van der Waals surface area contributed by atoms with E-state index in [1.165, 1.54) is 0 Å². The maximum absolute atomic E-state index is 11.2. The maximum Gasteiger partial charge on any atom is 0.252 e. The van der Waals surface area contributed by atoms with E-state index in [2.05, 4.69) is 4.98 Å². The summed E-state index contributed by atoms with van der Waals surface area (Å²) in [6.07, 6.45) is 0. The van der Waals surface area contributed by atoms with E-state index >= 15 is 0 Å². The van der Waals surface area contributed by atoms with Gasteiger partial charge in [0.05, 0.1) is 5.02 Å². The molecule has 0 aliphatic heterocycles. The fraction of sp³-hybridized carbons (Fsp3) is 0.375. The molecule has 0 bridgehead atoms. The van der Waals surface area contributed by atoms with Gasteiger partial charge in [0.1, 0.15) is 0 Å². The molecule has 0 fully saturated rings. The number of hydrogen-bond donors (Lipinski definition) is 2. The second kappa shape index (κ2) is 3.29. The van der Waals surface area contributed by atoms with E-state index < -0.39 is 0 Å². The number of pyridine rings is 1. The lowest BCUT2D eigenvalue weighted by atomic mass is 10.1. The van der Waals surface area contributed by atoms with Crippen molar-refractivity contribution in [2.75, 3.05) is 0 Å². The van der Waals surface area contributed by atoms with Crippen molar-refractivity contribution in [2.24, 2.45) is 5.73 Å². The Morgan fingerprint density at radius 3 is 2.58 bits per heavy atom.